The molecule has 26 heavy (non-hydrogen) atoms. The van der Waals surface area contributed by atoms with Crippen molar-refractivity contribution in [1.82, 2.24) is 15.0 Å². The first-order valence-electron chi connectivity index (χ1n) is 9.10. The van der Waals surface area contributed by atoms with Gasteiger partial charge < -0.3 is 10.3 Å². The Kier molecular flexibility index (Phi) is 4.82. The summed E-state index contributed by atoms with van der Waals surface area (Å²) in [4.78, 5) is 6.98. The molecule has 1 aliphatic rings. The van der Waals surface area contributed by atoms with Crippen molar-refractivity contribution >= 4 is 0 Å². The number of benzene rings is 2. The van der Waals surface area contributed by atoms with Gasteiger partial charge in [-0.2, -0.15) is 4.98 Å². The Morgan fingerprint density at radius 3 is 2.62 bits per heavy atom. The molecule has 2 heterocycles. The first-order chi connectivity index (χ1) is 12.7. The third kappa shape index (κ3) is 3.41. The van der Waals surface area contributed by atoms with Crippen molar-refractivity contribution in [2.75, 3.05) is 19.6 Å². The summed E-state index contributed by atoms with van der Waals surface area (Å²) >= 11 is 0. The Morgan fingerprint density at radius 2 is 1.85 bits per heavy atom. The van der Waals surface area contributed by atoms with Gasteiger partial charge in [-0.25, -0.2) is 0 Å². The number of aryl methyl sites for hydroxylation is 1. The molecule has 3 aromatic rings. The SMILES string of the molecule is Cc1ccccc1-c1nc(CN2C[C@@H](CN)[C@H](c3ccccc3)C2)no1. The predicted molar refractivity (Wildman–Crippen MR) is 101 cm³/mol. The van der Waals surface area contributed by atoms with Gasteiger partial charge in [0.25, 0.3) is 5.89 Å². The maximum absolute atomic E-state index is 6.04. The van der Waals surface area contributed by atoms with Gasteiger partial charge in [-0.15, -0.1) is 0 Å². The van der Waals surface area contributed by atoms with Crippen molar-refractivity contribution in [1.29, 1.82) is 0 Å². The molecule has 1 saturated heterocycles. The lowest BCUT2D eigenvalue weighted by Gasteiger charge is -2.16. The molecule has 2 N–H and O–H groups in total. The summed E-state index contributed by atoms with van der Waals surface area (Å²) in [6, 6.07) is 18.7. The molecule has 0 saturated carbocycles. The lowest BCUT2D eigenvalue weighted by atomic mass is 9.89. The Hall–Kier alpha value is -2.50. The van der Waals surface area contributed by atoms with E-state index in [1.165, 1.54) is 5.56 Å². The molecule has 1 aliphatic heterocycles. The van der Waals surface area contributed by atoms with Crippen molar-refractivity contribution < 1.29 is 4.52 Å². The summed E-state index contributed by atoms with van der Waals surface area (Å²) in [6.45, 7) is 5.37. The number of nitrogens with two attached hydrogens (primary N) is 1. The van der Waals surface area contributed by atoms with Crippen LogP contribution in [-0.4, -0.2) is 34.7 Å². The minimum Gasteiger partial charge on any atom is -0.334 e. The smallest absolute Gasteiger partial charge is 0.258 e. The lowest BCUT2D eigenvalue weighted by molar-refractivity contribution is 0.300. The van der Waals surface area contributed by atoms with Gasteiger partial charge in [-0.05, 0) is 36.6 Å². The zero-order valence-electron chi connectivity index (χ0n) is 15.0. The zero-order chi connectivity index (χ0) is 17.9. The summed E-state index contributed by atoms with van der Waals surface area (Å²) in [5, 5.41) is 4.19. The summed E-state index contributed by atoms with van der Waals surface area (Å²) < 4.78 is 5.49. The number of nitrogens with zero attached hydrogens (tertiary/aromatic N) is 3. The third-order valence-electron chi connectivity index (χ3n) is 5.26. The molecular formula is C21H24N4O. The van der Waals surface area contributed by atoms with Crippen molar-refractivity contribution in [3.8, 4) is 11.5 Å². The van der Waals surface area contributed by atoms with E-state index in [1.807, 2.05) is 18.2 Å². The van der Waals surface area contributed by atoms with Crippen LogP contribution in [0.5, 0.6) is 0 Å². The van der Waals surface area contributed by atoms with Crippen LogP contribution in [0, 0.1) is 12.8 Å². The molecule has 0 spiro atoms. The minimum atomic E-state index is 0.458. The van der Waals surface area contributed by atoms with Crippen molar-refractivity contribution in [2.45, 2.75) is 19.4 Å². The molecule has 5 heteroatoms. The fraction of sp³-hybridized carbons (Fsp3) is 0.333. The second-order valence-electron chi connectivity index (χ2n) is 7.04. The van der Waals surface area contributed by atoms with E-state index in [9.17, 15) is 0 Å². The molecule has 4 rings (SSSR count). The number of likely N-dealkylation sites (tertiary alicyclic amines) is 1. The maximum Gasteiger partial charge on any atom is 0.258 e. The molecule has 2 atom stereocenters. The molecular weight excluding hydrogens is 324 g/mol. The standard InChI is InChI=1S/C21H24N4O/c1-15-7-5-6-10-18(15)21-23-20(24-26-21)14-25-12-17(11-22)19(13-25)16-8-3-2-4-9-16/h2-10,17,19H,11-14,22H2,1H3/t17-,19+/m1/s1. The summed E-state index contributed by atoms with van der Waals surface area (Å²) in [7, 11) is 0. The molecule has 0 aliphatic carbocycles. The van der Waals surface area contributed by atoms with Gasteiger partial charge in [0.1, 0.15) is 0 Å². The van der Waals surface area contributed by atoms with Crippen molar-refractivity contribution in [3.63, 3.8) is 0 Å². The fourth-order valence-corrected chi connectivity index (χ4v) is 3.85. The van der Waals surface area contributed by atoms with Crippen LogP contribution in [0.4, 0.5) is 0 Å². The maximum atomic E-state index is 6.04. The minimum absolute atomic E-state index is 0.458. The number of hydrogen-bond acceptors (Lipinski definition) is 5. The topological polar surface area (TPSA) is 68.2 Å². The van der Waals surface area contributed by atoms with E-state index >= 15 is 0 Å². The summed E-state index contributed by atoms with van der Waals surface area (Å²) in [5.74, 6) is 2.24. The molecule has 0 radical (unpaired) electrons. The fourth-order valence-electron chi connectivity index (χ4n) is 3.85. The van der Waals surface area contributed by atoms with E-state index in [1.54, 1.807) is 0 Å². The third-order valence-corrected chi connectivity index (χ3v) is 5.26. The monoisotopic (exact) mass is 348 g/mol. The van der Waals surface area contributed by atoms with E-state index < -0.39 is 0 Å². The average molecular weight is 348 g/mol. The van der Waals surface area contributed by atoms with Crippen LogP contribution in [0.1, 0.15) is 22.9 Å². The molecule has 1 aromatic heterocycles. The average Bonchev–Trinajstić information content (AvgIpc) is 3.30. The van der Waals surface area contributed by atoms with Gasteiger partial charge in [0.2, 0.25) is 0 Å². The Balaban J connectivity index is 1.48. The number of aromatic nitrogens is 2. The Bertz CT molecular complexity index is 861. The summed E-state index contributed by atoms with van der Waals surface area (Å²) in [5.41, 5.74) is 9.53. The van der Waals surface area contributed by atoms with Gasteiger partial charge in [0, 0.05) is 24.6 Å². The van der Waals surface area contributed by atoms with Crippen LogP contribution in [0.15, 0.2) is 59.1 Å². The highest BCUT2D eigenvalue weighted by atomic mass is 16.5. The van der Waals surface area contributed by atoms with E-state index in [2.05, 4.69) is 58.4 Å². The molecule has 5 nitrogen and oxygen atoms in total. The first-order valence-corrected chi connectivity index (χ1v) is 9.10. The highest BCUT2D eigenvalue weighted by Gasteiger charge is 2.33. The van der Waals surface area contributed by atoms with Crippen LogP contribution >= 0.6 is 0 Å². The summed E-state index contributed by atoms with van der Waals surface area (Å²) in [6.07, 6.45) is 0. The van der Waals surface area contributed by atoms with Gasteiger partial charge in [-0.3, -0.25) is 4.90 Å². The Morgan fingerprint density at radius 1 is 1.08 bits per heavy atom. The highest BCUT2D eigenvalue weighted by molar-refractivity contribution is 5.57. The first kappa shape index (κ1) is 16.9. The second kappa shape index (κ2) is 7.40. The molecule has 0 unspecified atom stereocenters. The van der Waals surface area contributed by atoms with E-state index in [-0.39, 0.29) is 0 Å². The molecule has 0 amide bonds. The molecule has 2 aromatic carbocycles. The zero-order valence-corrected chi connectivity index (χ0v) is 15.0. The van der Waals surface area contributed by atoms with E-state index in [0.717, 1.165) is 30.0 Å². The van der Waals surface area contributed by atoms with E-state index in [0.29, 0.717) is 30.8 Å². The Labute approximate surface area is 153 Å². The molecule has 0 bridgehead atoms. The quantitative estimate of drug-likeness (QED) is 0.767. The van der Waals surface area contributed by atoms with Gasteiger partial charge in [0.15, 0.2) is 5.82 Å². The van der Waals surface area contributed by atoms with Crippen molar-refractivity contribution in [3.05, 3.63) is 71.5 Å². The van der Waals surface area contributed by atoms with Crippen LogP contribution in [0.2, 0.25) is 0 Å². The van der Waals surface area contributed by atoms with Crippen LogP contribution in [0.3, 0.4) is 0 Å². The normalized spacial score (nSPS) is 20.5. The number of hydrogen-bond donors (Lipinski definition) is 1. The van der Waals surface area contributed by atoms with E-state index in [4.69, 9.17) is 10.3 Å². The van der Waals surface area contributed by atoms with Crippen molar-refractivity contribution in [2.24, 2.45) is 11.7 Å². The van der Waals surface area contributed by atoms with Gasteiger partial charge >= 0.3 is 0 Å². The molecule has 1 fully saturated rings. The van der Waals surface area contributed by atoms with Crippen LogP contribution in [0.25, 0.3) is 11.5 Å². The van der Waals surface area contributed by atoms with Gasteiger partial charge in [-0.1, -0.05) is 53.7 Å². The number of rotatable bonds is 5. The highest BCUT2D eigenvalue weighted by Crippen LogP contribution is 2.32. The second-order valence-corrected chi connectivity index (χ2v) is 7.04. The predicted octanol–water partition coefficient (Wildman–Crippen LogP) is 3.22. The van der Waals surface area contributed by atoms with Gasteiger partial charge in [0.05, 0.1) is 6.54 Å². The van der Waals surface area contributed by atoms with Crippen LogP contribution in [-0.2, 0) is 6.54 Å². The molecule has 134 valence electrons. The van der Waals surface area contributed by atoms with Crippen LogP contribution < -0.4 is 5.73 Å². The largest absolute Gasteiger partial charge is 0.334 e. The lowest BCUT2D eigenvalue weighted by Crippen LogP contribution is -2.23.